The Bertz CT molecular complexity index is 907. The number of aromatic nitrogens is 2. The molecule has 2 aromatic heterocycles. The average molecular weight is 537 g/mol. The summed E-state index contributed by atoms with van der Waals surface area (Å²) in [5.41, 5.74) is 1.48. The third-order valence-corrected chi connectivity index (χ3v) is 3.09. The van der Waals surface area contributed by atoms with Crippen LogP contribution in [-0.4, -0.2) is 21.3 Å². The number of carboxylic acids is 1. The second-order valence-corrected chi connectivity index (χ2v) is 4.99. The van der Waals surface area contributed by atoms with Gasteiger partial charge in [0, 0.05) is 54.8 Å². The molecule has 0 aliphatic heterocycles. The molecule has 5 nitrogen and oxygen atoms in total. The molecule has 0 amide bonds. The molecule has 0 atom stereocenters. The summed E-state index contributed by atoms with van der Waals surface area (Å²) in [6.45, 7) is 1.88. The summed E-state index contributed by atoms with van der Waals surface area (Å²) in [7, 11) is 0. The number of rotatable bonds is 2. The topological polar surface area (TPSA) is 74.3 Å². The summed E-state index contributed by atoms with van der Waals surface area (Å²) in [4.78, 5) is 14.2. The molecule has 2 heterocycles. The molecular weight excluding hydrogens is 522 g/mol. The number of hydrogen-bond acceptors (Lipinski definition) is 3. The number of carboxylic acid groups (broad SMARTS) is 1. The Hall–Kier alpha value is -2.70. The molecule has 0 spiro atoms. The van der Waals surface area contributed by atoms with Gasteiger partial charge in [-0.15, -0.1) is 12.1 Å². The molecule has 1 aromatic carbocycles. The van der Waals surface area contributed by atoms with Crippen molar-refractivity contribution in [2.75, 3.05) is 0 Å². The van der Waals surface area contributed by atoms with Gasteiger partial charge in [0.1, 0.15) is 0 Å². The van der Waals surface area contributed by atoms with Gasteiger partial charge in [-0.25, -0.2) is 4.79 Å². The number of benzene rings is 1. The van der Waals surface area contributed by atoms with Crippen LogP contribution in [0.5, 0.6) is 0 Å². The van der Waals surface area contributed by atoms with E-state index >= 15 is 0 Å². The molecule has 8 heteroatoms. The zero-order valence-electron chi connectivity index (χ0n) is 13.5. The van der Waals surface area contributed by atoms with Gasteiger partial charge in [0.05, 0.1) is 0 Å². The second-order valence-electron chi connectivity index (χ2n) is 4.99. The van der Waals surface area contributed by atoms with Crippen LogP contribution in [-0.2, 0) is 20.1 Å². The molecule has 0 unspecified atom stereocenters. The second kappa shape index (κ2) is 9.70. The minimum Gasteiger partial charge on any atom is -0.473 e. The minimum absolute atomic E-state index is 0. The van der Waals surface area contributed by atoms with Gasteiger partial charge in [0.2, 0.25) is 6.20 Å². The molecule has 0 aliphatic carbocycles. The van der Waals surface area contributed by atoms with Gasteiger partial charge in [0.25, 0.3) is 0 Å². The van der Waals surface area contributed by atoms with E-state index < -0.39 is 17.6 Å². The van der Waals surface area contributed by atoms with E-state index in [1.165, 1.54) is 24.4 Å². The molecule has 3 rings (SSSR count). The Labute approximate surface area is 161 Å². The van der Waals surface area contributed by atoms with Gasteiger partial charge in [-0.2, -0.15) is 0 Å². The van der Waals surface area contributed by atoms with Crippen molar-refractivity contribution >= 4 is 5.97 Å². The van der Waals surface area contributed by atoms with Crippen molar-refractivity contribution in [3.05, 3.63) is 83.8 Å². The maximum atomic E-state index is 13.4. The average Bonchev–Trinajstić information content (AvgIpc) is 2.55. The summed E-state index contributed by atoms with van der Waals surface area (Å²) >= 11 is 0. The fraction of sp³-hybridized carbons (Fsp3) is 0.0556. The maximum absolute atomic E-state index is 13.4. The van der Waals surface area contributed by atoms with E-state index in [-0.39, 0.29) is 31.4 Å². The molecule has 0 saturated heterocycles. The van der Waals surface area contributed by atoms with E-state index in [1.54, 1.807) is 12.3 Å². The Morgan fingerprint density at radius 1 is 1.23 bits per heavy atom. The van der Waals surface area contributed by atoms with Crippen molar-refractivity contribution in [3.63, 3.8) is 0 Å². The van der Waals surface area contributed by atoms with Crippen LogP contribution in [0.25, 0.3) is 11.3 Å². The number of aryl methyl sites for hydroxylation is 1. The summed E-state index contributed by atoms with van der Waals surface area (Å²) in [6.07, 6.45) is 2.84. The van der Waals surface area contributed by atoms with E-state index in [4.69, 9.17) is 10.3 Å². The predicted molar refractivity (Wildman–Crippen MR) is 83.9 cm³/mol. The van der Waals surface area contributed by atoms with Crippen molar-refractivity contribution in [3.8, 4) is 11.3 Å². The summed E-state index contributed by atoms with van der Waals surface area (Å²) in [5, 5.41) is 17.2. The van der Waals surface area contributed by atoms with Crippen molar-refractivity contribution in [1.82, 2.24) is 4.98 Å². The first kappa shape index (κ1) is 21.3. The molecule has 2 N–H and O–H groups in total. The number of carbonyl (C=O) groups is 1. The van der Waals surface area contributed by atoms with E-state index in [2.05, 4.69) is 11.1 Å². The van der Waals surface area contributed by atoms with Crippen LogP contribution < -0.4 is 4.73 Å². The van der Waals surface area contributed by atoms with Crippen LogP contribution in [0.2, 0.25) is 0 Å². The monoisotopic (exact) mass is 537 g/mol. The van der Waals surface area contributed by atoms with Gasteiger partial charge >= 0.3 is 11.7 Å². The molecule has 26 heavy (non-hydrogen) atoms. The first-order valence-corrected chi connectivity index (χ1v) is 7.11. The molecule has 0 fully saturated rings. The molecular formula is C18H14F2IrN2O3. The fourth-order valence-corrected chi connectivity index (χ4v) is 1.92. The Morgan fingerprint density at radius 2 is 1.96 bits per heavy atom. The Morgan fingerprint density at radius 3 is 2.50 bits per heavy atom. The Balaban J connectivity index is 0.000000270. The first-order chi connectivity index (χ1) is 11.9. The van der Waals surface area contributed by atoms with Gasteiger partial charge in [-0.1, -0.05) is 23.3 Å². The molecule has 3 aromatic rings. The molecule has 0 aliphatic rings. The van der Waals surface area contributed by atoms with E-state index in [0.29, 0.717) is 10.4 Å². The van der Waals surface area contributed by atoms with E-state index in [9.17, 15) is 13.6 Å². The number of aromatic carboxylic acids is 1. The van der Waals surface area contributed by atoms with Crippen LogP contribution in [0.4, 0.5) is 8.78 Å². The third-order valence-electron chi connectivity index (χ3n) is 3.09. The van der Waals surface area contributed by atoms with Crippen LogP contribution in [0.3, 0.4) is 0 Å². The summed E-state index contributed by atoms with van der Waals surface area (Å²) in [5.74, 6) is -2.43. The maximum Gasteiger partial charge on any atom is 0.406 e. The zero-order valence-corrected chi connectivity index (χ0v) is 15.9. The molecule has 0 saturated carbocycles. The molecule has 1 radical (unpaired) electrons. The van der Waals surface area contributed by atoms with E-state index in [1.807, 2.05) is 13.0 Å². The van der Waals surface area contributed by atoms with Gasteiger partial charge < -0.3 is 10.1 Å². The number of nitrogens with zero attached hydrogens (tertiary/aromatic N) is 2. The van der Waals surface area contributed by atoms with Gasteiger partial charge in [-0.3, -0.25) is 14.0 Å². The number of pyridine rings is 2. The van der Waals surface area contributed by atoms with E-state index in [0.717, 1.165) is 17.7 Å². The van der Waals surface area contributed by atoms with Crippen LogP contribution in [0.1, 0.15) is 16.1 Å². The van der Waals surface area contributed by atoms with Crippen LogP contribution >= 0.6 is 0 Å². The van der Waals surface area contributed by atoms with Crippen molar-refractivity contribution in [1.29, 1.82) is 0 Å². The normalized spacial score (nSPS) is 9.50. The summed E-state index contributed by atoms with van der Waals surface area (Å²) in [6, 6.07) is 12.4. The minimum atomic E-state index is -1.15. The van der Waals surface area contributed by atoms with Gasteiger partial charge in [-0.05, 0) is 24.8 Å². The smallest absolute Gasteiger partial charge is 0.406 e. The number of hydrogen-bond donors (Lipinski definition) is 2. The first-order valence-electron chi connectivity index (χ1n) is 7.11. The molecule has 137 valence electrons. The number of halogens is 2. The predicted octanol–water partition coefficient (Wildman–Crippen LogP) is 3.04. The quantitative estimate of drug-likeness (QED) is 0.300. The van der Waals surface area contributed by atoms with Crippen LogP contribution in [0, 0.1) is 24.6 Å². The zero-order chi connectivity index (χ0) is 18.4. The summed E-state index contributed by atoms with van der Waals surface area (Å²) < 4.78 is 26.6. The molecule has 0 bridgehead atoms. The third kappa shape index (κ3) is 5.68. The standard InChI is InChI=1S/C12H8F2N.C6H5NO3.Ir/c1-8-4-5-15-12(6-8)10-3-2-9(13)7-11(10)14;8-6(9)5-3-1-2-4-7(5)10;/h2,4-7H,1H3;1-4H,(H-,8,9,10);/q-1;;/p+1. The van der Waals surface area contributed by atoms with Crippen molar-refractivity contribution < 1.29 is 48.7 Å². The van der Waals surface area contributed by atoms with Gasteiger partial charge in [0.15, 0.2) is 0 Å². The van der Waals surface area contributed by atoms with Crippen molar-refractivity contribution in [2.24, 2.45) is 0 Å². The largest absolute Gasteiger partial charge is 0.473 e. The Kier molecular flexibility index (Phi) is 7.96. The van der Waals surface area contributed by atoms with Crippen LogP contribution in [0.15, 0.2) is 54.9 Å². The SMILES string of the molecule is Cc1ccnc(-c2[c-]cc(F)cc2F)c1.O=C(O)c1cccc[n+]1O.[Ir]. The fourth-order valence-electron chi connectivity index (χ4n) is 1.92. The van der Waals surface area contributed by atoms with Crippen molar-refractivity contribution in [2.45, 2.75) is 6.92 Å².